The van der Waals surface area contributed by atoms with E-state index in [4.69, 9.17) is 4.52 Å². The Balaban J connectivity index is 1.63. The lowest BCUT2D eigenvalue weighted by molar-refractivity contribution is -0.121. The number of hydrogen-bond donors (Lipinski definition) is 1. The lowest BCUT2D eigenvalue weighted by Gasteiger charge is -2.13. The summed E-state index contributed by atoms with van der Waals surface area (Å²) in [6.45, 7) is 6.05. The lowest BCUT2D eigenvalue weighted by Crippen LogP contribution is -2.28. The molecule has 1 amide bonds. The molecule has 24 heavy (non-hydrogen) atoms. The summed E-state index contributed by atoms with van der Waals surface area (Å²) in [4.78, 5) is 18.7. The van der Waals surface area contributed by atoms with Gasteiger partial charge in [-0.15, -0.1) is 11.3 Å². The number of aromatic nitrogens is 2. The Morgan fingerprint density at radius 1 is 1.29 bits per heavy atom. The van der Waals surface area contributed by atoms with Gasteiger partial charge in [0, 0.05) is 4.88 Å². The molecule has 0 spiro atoms. The fourth-order valence-corrected chi connectivity index (χ4v) is 3.32. The molecule has 0 bridgehead atoms. The predicted molar refractivity (Wildman–Crippen MR) is 93.8 cm³/mol. The molecule has 0 aliphatic heterocycles. The normalized spacial score (nSPS) is 12.1. The van der Waals surface area contributed by atoms with E-state index in [0.29, 0.717) is 11.7 Å². The lowest BCUT2D eigenvalue weighted by atomic mass is 10.1. The third kappa shape index (κ3) is 3.71. The molecule has 3 rings (SSSR count). The second-order valence-electron chi connectivity index (χ2n) is 5.74. The molecule has 1 N–H and O–H groups in total. The van der Waals surface area contributed by atoms with Gasteiger partial charge in [-0.3, -0.25) is 4.79 Å². The number of thiophene rings is 1. The first-order valence-corrected chi connectivity index (χ1v) is 8.59. The summed E-state index contributed by atoms with van der Waals surface area (Å²) < 4.78 is 5.28. The third-order valence-electron chi connectivity index (χ3n) is 3.84. The minimum atomic E-state index is -0.128. The zero-order valence-electron chi connectivity index (χ0n) is 13.9. The monoisotopic (exact) mass is 341 g/mol. The molecule has 2 aromatic heterocycles. The molecular formula is C18H19N3O2S. The van der Waals surface area contributed by atoms with E-state index in [2.05, 4.69) is 22.4 Å². The molecule has 6 heteroatoms. The Morgan fingerprint density at radius 3 is 2.71 bits per heavy atom. The molecule has 3 aromatic rings. The number of aryl methyl sites for hydroxylation is 2. The van der Waals surface area contributed by atoms with Crippen LogP contribution < -0.4 is 5.32 Å². The highest BCUT2D eigenvalue weighted by atomic mass is 32.1. The number of benzene rings is 1. The Morgan fingerprint density at radius 2 is 2.04 bits per heavy atom. The minimum absolute atomic E-state index is 0.0623. The topological polar surface area (TPSA) is 68.0 Å². The third-order valence-corrected chi connectivity index (χ3v) is 4.98. The number of carbonyl (C=O) groups excluding carboxylic acids is 1. The van der Waals surface area contributed by atoms with Gasteiger partial charge in [0.2, 0.25) is 5.91 Å². The van der Waals surface area contributed by atoms with Crippen molar-refractivity contribution in [1.82, 2.24) is 15.5 Å². The van der Waals surface area contributed by atoms with Crippen molar-refractivity contribution in [3.05, 3.63) is 58.2 Å². The smallest absolute Gasteiger partial charge is 0.268 e. The summed E-state index contributed by atoms with van der Waals surface area (Å²) in [6, 6.07) is 11.8. The van der Waals surface area contributed by atoms with Gasteiger partial charge < -0.3 is 9.84 Å². The van der Waals surface area contributed by atoms with Crippen molar-refractivity contribution in [2.24, 2.45) is 0 Å². The Labute approximate surface area is 144 Å². The summed E-state index contributed by atoms with van der Waals surface area (Å²) in [5.41, 5.74) is 2.26. The SMILES string of the molecule is Cc1cc(-c2nc(CC(=O)NC(C)c3ccccc3)no2)sc1C. The number of rotatable bonds is 5. The molecular weight excluding hydrogens is 322 g/mol. The molecule has 0 aliphatic rings. The minimum Gasteiger partial charge on any atom is -0.349 e. The largest absolute Gasteiger partial charge is 0.349 e. The molecule has 0 saturated heterocycles. The number of nitrogens with one attached hydrogen (secondary N) is 1. The molecule has 5 nitrogen and oxygen atoms in total. The molecule has 0 radical (unpaired) electrons. The van der Waals surface area contributed by atoms with Gasteiger partial charge in [0.15, 0.2) is 5.82 Å². The van der Waals surface area contributed by atoms with Gasteiger partial charge in [-0.1, -0.05) is 35.5 Å². The maximum absolute atomic E-state index is 12.2. The van der Waals surface area contributed by atoms with Crippen molar-refractivity contribution in [2.45, 2.75) is 33.2 Å². The Kier molecular flexibility index (Phi) is 4.76. The van der Waals surface area contributed by atoms with Gasteiger partial charge in [-0.25, -0.2) is 0 Å². The van der Waals surface area contributed by atoms with E-state index >= 15 is 0 Å². The molecule has 2 heterocycles. The average molecular weight is 341 g/mol. The molecule has 0 aliphatic carbocycles. The van der Waals surface area contributed by atoms with Crippen LogP contribution in [-0.2, 0) is 11.2 Å². The van der Waals surface area contributed by atoms with Crippen LogP contribution in [0.4, 0.5) is 0 Å². The maximum atomic E-state index is 12.2. The summed E-state index contributed by atoms with van der Waals surface area (Å²) in [7, 11) is 0. The van der Waals surface area contributed by atoms with Crippen LogP contribution in [0.15, 0.2) is 40.9 Å². The van der Waals surface area contributed by atoms with Crippen LogP contribution in [0, 0.1) is 13.8 Å². The van der Waals surface area contributed by atoms with Gasteiger partial charge in [0.25, 0.3) is 5.89 Å². The van der Waals surface area contributed by atoms with Crippen LogP contribution in [-0.4, -0.2) is 16.0 Å². The first-order valence-electron chi connectivity index (χ1n) is 7.77. The van der Waals surface area contributed by atoms with Crippen molar-refractivity contribution in [3.8, 4) is 10.8 Å². The van der Waals surface area contributed by atoms with Gasteiger partial charge in [-0.05, 0) is 38.0 Å². The highest BCUT2D eigenvalue weighted by Gasteiger charge is 2.16. The maximum Gasteiger partial charge on any atom is 0.268 e. The van der Waals surface area contributed by atoms with E-state index < -0.39 is 0 Å². The molecule has 1 atom stereocenters. The molecule has 0 saturated carbocycles. The van der Waals surface area contributed by atoms with Gasteiger partial charge in [-0.2, -0.15) is 4.98 Å². The second kappa shape index (κ2) is 6.97. The van der Waals surface area contributed by atoms with Crippen LogP contribution >= 0.6 is 11.3 Å². The molecule has 0 fully saturated rings. The first kappa shape index (κ1) is 16.4. The van der Waals surface area contributed by atoms with Crippen LogP contribution in [0.2, 0.25) is 0 Å². The molecule has 124 valence electrons. The summed E-state index contributed by atoms with van der Waals surface area (Å²) in [5.74, 6) is 0.735. The van der Waals surface area contributed by atoms with E-state index in [1.54, 1.807) is 11.3 Å². The van der Waals surface area contributed by atoms with E-state index in [1.165, 1.54) is 10.4 Å². The molecule has 1 aromatic carbocycles. The number of hydrogen-bond acceptors (Lipinski definition) is 5. The summed E-state index contributed by atoms with van der Waals surface area (Å²) in [5, 5.41) is 6.86. The number of nitrogens with zero attached hydrogens (tertiary/aromatic N) is 2. The second-order valence-corrected chi connectivity index (χ2v) is 7.00. The van der Waals surface area contributed by atoms with Gasteiger partial charge >= 0.3 is 0 Å². The molecule has 1 unspecified atom stereocenters. The summed E-state index contributed by atoms with van der Waals surface area (Å²) >= 11 is 1.61. The quantitative estimate of drug-likeness (QED) is 0.766. The number of amides is 1. The van der Waals surface area contributed by atoms with Gasteiger partial charge in [0.05, 0.1) is 17.3 Å². The van der Waals surface area contributed by atoms with Gasteiger partial charge in [0.1, 0.15) is 0 Å². The highest BCUT2D eigenvalue weighted by molar-refractivity contribution is 7.15. The zero-order chi connectivity index (χ0) is 17.1. The Bertz CT molecular complexity index is 820. The van der Waals surface area contributed by atoms with Crippen LogP contribution in [0.1, 0.15) is 34.8 Å². The van der Waals surface area contributed by atoms with Crippen molar-refractivity contribution < 1.29 is 9.32 Å². The van der Waals surface area contributed by atoms with Crippen molar-refractivity contribution in [1.29, 1.82) is 0 Å². The van der Waals surface area contributed by atoms with Crippen LogP contribution in [0.3, 0.4) is 0 Å². The van der Waals surface area contributed by atoms with E-state index in [-0.39, 0.29) is 18.4 Å². The standard InChI is InChI=1S/C18H19N3O2S/c1-11-9-15(24-13(11)3)18-20-16(21-23-18)10-17(22)19-12(2)14-7-5-4-6-8-14/h4-9,12H,10H2,1-3H3,(H,19,22). The Hall–Kier alpha value is -2.47. The summed E-state index contributed by atoms with van der Waals surface area (Å²) in [6.07, 6.45) is 0.101. The number of carbonyl (C=O) groups is 1. The van der Waals surface area contributed by atoms with Crippen molar-refractivity contribution in [2.75, 3.05) is 0 Å². The predicted octanol–water partition coefficient (Wildman–Crippen LogP) is 3.83. The van der Waals surface area contributed by atoms with E-state index in [1.807, 2.05) is 50.2 Å². The zero-order valence-corrected chi connectivity index (χ0v) is 14.7. The average Bonchev–Trinajstić information content (AvgIpc) is 3.15. The van der Waals surface area contributed by atoms with Crippen molar-refractivity contribution in [3.63, 3.8) is 0 Å². The van der Waals surface area contributed by atoms with Crippen LogP contribution in [0.25, 0.3) is 10.8 Å². The fourth-order valence-electron chi connectivity index (χ4n) is 2.37. The first-order chi connectivity index (χ1) is 11.5. The highest BCUT2D eigenvalue weighted by Crippen LogP contribution is 2.29. The fraction of sp³-hybridized carbons (Fsp3) is 0.278. The van der Waals surface area contributed by atoms with Crippen LogP contribution in [0.5, 0.6) is 0 Å². The van der Waals surface area contributed by atoms with E-state index in [9.17, 15) is 4.79 Å². The van der Waals surface area contributed by atoms with Crippen molar-refractivity contribution >= 4 is 17.2 Å². The van der Waals surface area contributed by atoms with E-state index in [0.717, 1.165) is 10.4 Å².